The number of piperidine rings is 1. The molecule has 0 radical (unpaired) electrons. The van der Waals surface area contributed by atoms with Crippen LogP contribution in [-0.4, -0.2) is 41.3 Å². The van der Waals surface area contributed by atoms with Crippen LogP contribution in [0.1, 0.15) is 36.0 Å². The van der Waals surface area contributed by atoms with Crippen molar-refractivity contribution in [1.29, 1.82) is 5.26 Å². The first-order chi connectivity index (χ1) is 11.3. The molecule has 1 atom stereocenters. The van der Waals surface area contributed by atoms with Gasteiger partial charge in [0.1, 0.15) is 18.4 Å². The Bertz CT molecular complexity index is 692. The number of aromatic nitrogens is 2. The topological polar surface area (TPSA) is 75.2 Å². The van der Waals surface area contributed by atoms with E-state index >= 15 is 0 Å². The summed E-state index contributed by atoms with van der Waals surface area (Å²) in [6.07, 6.45) is 2.19. The average molecular weight is 312 g/mol. The van der Waals surface area contributed by atoms with E-state index in [1.54, 1.807) is 6.07 Å². The van der Waals surface area contributed by atoms with E-state index < -0.39 is 0 Å². The van der Waals surface area contributed by atoms with Crippen molar-refractivity contribution in [3.63, 3.8) is 0 Å². The van der Waals surface area contributed by atoms with Gasteiger partial charge in [-0.25, -0.2) is 0 Å². The lowest BCUT2D eigenvalue weighted by molar-refractivity contribution is 0.157. The van der Waals surface area contributed by atoms with Crippen LogP contribution in [0.5, 0.6) is 5.75 Å². The third-order valence-corrected chi connectivity index (χ3v) is 4.07. The Hall–Kier alpha value is -2.39. The Morgan fingerprint density at radius 3 is 3.09 bits per heavy atom. The van der Waals surface area contributed by atoms with Crippen molar-refractivity contribution in [3.05, 3.63) is 41.5 Å². The van der Waals surface area contributed by atoms with E-state index in [1.165, 1.54) is 0 Å². The van der Waals surface area contributed by atoms with E-state index in [-0.39, 0.29) is 0 Å². The van der Waals surface area contributed by atoms with Gasteiger partial charge < -0.3 is 9.26 Å². The summed E-state index contributed by atoms with van der Waals surface area (Å²) in [5, 5.41) is 12.9. The van der Waals surface area contributed by atoms with Gasteiger partial charge in [0.05, 0.1) is 11.5 Å². The van der Waals surface area contributed by atoms with Gasteiger partial charge in [-0.15, -0.1) is 0 Å². The number of aryl methyl sites for hydroxylation is 1. The highest BCUT2D eigenvalue weighted by Crippen LogP contribution is 2.25. The van der Waals surface area contributed by atoms with Crippen molar-refractivity contribution in [2.24, 2.45) is 0 Å². The van der Waals surface area contributed by atoms with Crippen molar-refractivity contribution >= 4 is 0 Å². The third kappa shape index (κ3) is 3.88. The van der Waals surface area contributed by atoms with Crippen LogP contribution in [0.4, 0.5) is 0 Å². The molecule has 2 heterocycles. The van der Waals surface area contributed by atoms with E-state index in [1.807, 2.05) is 25.1 Å². The summed E-state index contributed by atoms with van der Waals surface area (Å²) in [5.41, 5.74) is 0.574. The number of likely N-dealkylation sites (tertiary alicyclic amines) is 1. The minimum atomic E-state index is 0.302. The van der Waals surface area contributed by atoms with Crippen LogP contribution < -0.4 is 4.74 Å². The molecule has 1 aliphatic rings. The maximum Gasteiger partial charge on any atom is 0.231 e. The molecule has 6 heteroatoms. The summed E-state index contributed by atoms with van der Waals surface area (Å²) in [4.78, 5) is 6.70. The van der Waals surface area contributed by atoms with Crippen molar-refractivity contribution in [2.45, 2.75) is 25.7 Å². The molecule has 6 nitrogen and oxygen atoms in total. The number of hydrogen-bond donors (Lipinski definition) is 0. The zero-order valence-corrected chi connectivity index (χ0v) is 13.2. The van der Waals surface area contributed by atoms with Gasteiger partial charge in [0.15, 0.2) is 5.82 Å². The molecule has 0 aliphatic carbocycles. The Kier molecular flexibility index (Phi) is 4.89. The summed E-state index contributed by atoms with van der Waals surface area (Å²) >= 11 is 0. The zero-order valence-electron chi connectivity index (χ0n) is 13.2. The predicted molar refractivity (Wildman–Crippen MR) is 84.1 cm³/mol. The van der Waals surface area contributed by atoms with Crippen LogP contribution >= 0.6 is 0 Å². The first-order valence-corrected chi connectivity index (χ1v) is 7.91. The van der Waals surface area contributed by atoms with Crippen LogP contribution in [0.2, 0.25) is 0 Å². The monoisotopic (exact) mass is 312 g/mol. The average Bonchev–Trinajstić information content (AvgIpc) is 3.02. The second-order valence-corrected chi connectivity index (χ2v) is 5.78. The highest BCUT2D eigenvalue weighted by Gasteiger charge is 2.25. The van der Waals surface area contributed by atoms with Crippen LogP contribution in [0.25, 0.3) is 0 Å². The van der Waals surface area contributed by atoms with Crippen LogP contribution in [0.15, 0.2) is 28.8 Å². The Morgan fingerprint density at radius 1 is 1.43 bits per heavy atom. The largest absolute Gasteiger partial charge is 0.491 e. The van der Waals surface area contributed by atoms with Crippen molar-refractivity contribution in [1.82, 2.24) is 15.0 Å². The third-order valence-electron chi connectivity index (χ3n) is 4.07. The number of benzene rings is 1. The maximum absolute atomic E-state index is 9.07. The molecule has 0 saturated carbocycles. The number of nitriles is 1. The van der Waals surface area contributed by atoms with Gasteiger partial charge >= 0.3 is 0 Å². The number of ether oxygens (including phenoxy) is 1. The van der Waals surface area contributed by atoms with Gasteiger partial charge in [-0.1, -0.05) is 17.3 Å². The smallest absolute Gasteiger partial charge is 0.231 e. The molecular formula is C17H20N4O2. The second-order valence-electron chi connectivity index (χ2n) is 5.78. The lowest BCUT2D eigenvalue weighted by Crippen LogP contribution is -2.37. The summed E-state index contributed by atoms with van der Waals surface area (Å²) in [6.45, 7) is 5.18. The van der Waals surface area contributed by atoms with E-state index in [2.05, 4.69) is 21.1 Å². The van der Waals surface area contributed by atoms with Gasteiger partial charge in [-0.3, -0.25) is 4.90 Å². The summed E-state index contributed by atoms with van der Waals surface area (Å²) in [6, 6.07) is 9.47. The van der Waals surface area contributed by atoms with Gasteiger partial charge in [0.2, 0.25) is 5.89 Å². The van der Waals surface area contributed by atoms with Crippen molar-refractivity contribution < 1.29 is 9.26 Å². The van der Waals surface area contributed by atoms with Crippen molar-refractivity contribution in [3.8, 4) is 11.8 Å². The lowest BCUT2D eigenvalue weighted by Gasteiger charge is -2.30. The highest BCUT2D eigenvalue weighted by molar-refractivity contribution is 5.42. The first kappa shape index (κ1) is 15.5. The maximum atomic E-state index is 9.07. The summed E-state index contributed by atoms with van der Waals surface area (Å²) in [7, 11) is 0. The fourth-order valence-electron chi connectivity index (χ4n) is 2.91. The van der Waals surface area contributed by atoms with Crippen LogP contribution in [0, 0.1) is 18.3 Å². The molecule has 2 aromatic rings. The van der Waals surface area contributed by atoms with Crippen LogP contribution in [0.3, 0.4) is 0 Å². The molecule has 0 spiro atoms. The number of rotatable bonds is 5. The normalized spacial score (nSPS) is 18.5. The molecule has 0 bridgehead atoms. The predicted octanol–water partition coefficient (Wildman–Crippen LogP) is 2.51. The molecular weight excluding hydrogens is 292 g/mol. The standard InChI is InChI=1S/C17H20N4O2/c1-13-19-17(23-20-13)15-6-4-8-21(12-15)9-10-22-16-7-3-2-5-14(16)11-18/h2-3,5,7,15H,4,6,8-10,12H2,1H3. The highest BCUT2D eigenvalue weighted by atomic mass is 16.5. The second kappa shape index (κ2) is 7.25. The summed E-state index contributed by atoms with van der Waals surface area (Å²) in [5.74, 6) is 2.38. The SMILES string of the molecule is Cc1noc(C2CCCN(CCOc3ccccc3C#N)C2)n1. The van der Waals surface area contributed by atoms with Crippen LogP contribution in [-0.2, 0) is 0 Å². The van der Waals surface area contributed by atoms with Gasteiger partial charge in [0, 0.05) is 13.1 Å². The molecule has 1 fully saturated rings. The van der Waals surface area contributed by atoms with E-state index in [0.29, 0.717) is 29.7 Å². The molecule has 1 aromatic carbocycles. The Labute approximate surface area is 135 Å². The molecule has 0 amide bonds. The molecule has 1 unspecified atom stereocenters. The minimum absolute atomic E-state index is 0.302. The lowest BCUT2D eigenvalue weighted by atomic mass is 9.98. The number of nitrogens with zero attached hydrogens (tertiary/aromatic N) is 4. The fourth-order valence-corrected chi connectivity index (χ4v) is 2.91. The fraction of sp³-hybridized carbons (Fsp3) is 0.471. The summed E-state index contributed by atoms with van der Waals surface area (Å²) < 4.78 is 11.1. The number of hydrogen-bond acceptors (Lipinski definition) is 6. The Balaban J connectivity index is 1.51. The van der Waals surface area contributed by atoms with E-state index in [9.17, 15) is 0 Å². The molecule has 1 aromatic heterocycles. The molecule has 0 N–H and O–H groups in total. The van der Waals surface area contributed by atoms with Gasteiger partial charge in [0.25, 0.3) is 0 Å². The molecule has 1 saturated heterocycles. The van der Waals surface area contributed by atoms with E-state index in [0.717, 1.165) is 38.4 Å². The van der Waals surface area contributed by atoms with E-state index in [4.69, 9.17) is 14.5 Å². The molecule has 120 valence electrons. The zero-order chi connectivity index (χ0) is 16.1. The molecule has 3 rings (SSSR count). The Morgan fingerprint density at radius 2 is 2.30 bits per heavy atom. The minimum Gasteiger partial charge on any atom is -0.491 e. The van der Waals surface area contributed by atoms with Crippen molar-refractivity contribution in [2.75, 3.05) is 26.2 Å². The quantitative estimate of drug-likeness (QED) is 0.844. The number of para-hydroxylation sites is 1. The van der Waals surface area contributed by atoms with Gasteiger partial charge in [-0.05, 0) is 38.4 Å². The first-order valence-electron chi connectivity index (χ1n) is 7.91. The molecule has 23 heavy (non-hydrogen) atoms. The molecule has 1 aliphatic heterocycles. The van der Waals surface area contributed by atoms with Gasteiger partial charge in [-0.2, -0.15) is 10.2 Å².